The fourth-order valence-electron chi connectivity index (χ4n) is 4.88. The molecule has 1 heterocycles. The normalized spacial score (nSPS) is 37.9. The van der Waals surface area contributed by atoms with Crippen LogP contribution in [0.5, 0.6) is 0 Å². The van der Waals surface area contributed by atoms with Crippen molar-refractivity contribution in [3.8, 4) is 0 Å². The number of hydrogen-bond acceptors (Lipinski definition) is 5. The summed E-state index contributed by atoms with van der Waals surface area (Å²) < 4.78 is 0. The third kappa shape index (κ3) is 1.96. The summed E-state index contributed by atoms with van der Waals surface area (Å²) >= 11 is 0. The van der Waals surface area contributed by atoms with Crippen molar-refractivity contribution in [1.29, 1.82) is 0 Å². The molecule has 4 fully saturated rings. The zero-order chi connectivity index (χ0) is 13.7. The van der Waals surface area contributed by atoms with Gasteiger partial charge >= 0.3 is 0 Å². The Labute approximate surface area is 119 Å². The van der Waals surface area contributed by atoms with Gasteiger partial charge in [-0.05, 0) is 61.9 Å². The predicted octanol–water partition coefficient (Wildman–Crippen LogP) is 2.33. The zero-order valence-electron chi connectivity index (χ0n) is 11.6. The second-order valence-electron chi connectivity index (χ2n) is 6.68. The molecule has 20 heavy (non-hydrogen) atoms. The lowest BCUT2D eigenvalue weighted by molar-refractivity contribution is 0.00728. The van der Waals surface area contributed by atoms with Crippen molar-refractivity contribution in [2.45, 2.75) is 38.1 Å². The molecule has 5 heteroatoms. The van der Waals surface area contributed by atoms with Crippen LogP contribution in [0, 0.1) is 23.7 Å². The lowest BCUT2D eigenvalue weighted by Gasteiger charge is -2.54. The summed E-state index contributed by atoms with van der Waals surface area (Å²) in [5, 5.41) is 3.55. The summed E-state index contributed by atoms with van der Waals surface area (Å²) in [7, 11) is 0. The van der Waals surface area contributed by atoms with Gasteiger partial charge in [-0.2, -0.15) is 15.0 Å². The van der Waals surface area contributed by atoms with Gasteiger partial charge in [0.2, 0.25) is 11.9 Å². The van der Waals surface area contributed by atoms with Gasteiger partial charge in [0, 0.05) is 6.04 Å². The average molecular weight is 271 g/mol. The van der Waals surface area contributed by atoms with E-state index in [0.29, 0.717) is 17.8 Å². The molecule has 0 spiro atoms. The number of nitrogens with two attached hydrogens (primary N) is 1. The molecule has 1 aromatic heterocycles. The Balaban J connectivity index is 1.57. The van der Waals surface area contributed by atoms with Crippen LogP contribution < -0.4 is 11.1 Å². The van der Waals surface area contributed by atoms with Crippen LogP contribution in [0.1, 0.15) is 37.9 Å². The molecule has 4 aliphatic rings. The van der Waals surface area contributed by atoms with Gasteiger partial charge in [-0.3, -0.25) is 0 Å². The van der Waals surface area contributed by atoms with Crippen molar-refractivity contribution >= 4 is 18.0 Å². The molecule has 5 rings (SSSR count). The molecule has 0 radical (unpaired) electrons. The van der Waals surface area contributed by atoms with Crippen molar-refractivity contribution in [2.24, 2.45) is 23.7 Å². The maximum atomic E-state index is 5.74. The smallest absolute Gasteiger partial charge is 0.228 e. The van der Waals surface area contributed by atoms with E-state index >= 15 is 0 Å². The second-order valence-corrected chi connectivity index (χ2v) is 6.68. The SMILES string of the molecule is C=Cc1nc(N)nc(NC2C3CC4CC(C3)CC2C4)n1. The standard InChI is InChI=1S/C15H21N5/c1-2-12-17-14(16)20-15(18-12)19-13-10-4-8-3-9(6-10)7-11(13)5-8/h2,8-11,13H,1,3-7H2,(H3,16,17,18,19,20). The van der Waals surface area contributed by atoms with Crippen molar-refractivity contribution in [1.82, 2.24) is 15.0 Å². The maximum absolute atomic E-state index is 5.74. The number of hydrogen-bond donors (Lipinski definition) is 2. The van der Waals surface area contributed by atoms with Crippen LogP contribution in [0.3, 0.4) is 0 Å². The molecule has 0 aliphatic heterocycles. The molecule has 5 nitrogen and oxygen atoms in total. The Hall–Kier alpha value is -1.65. The third-order valence-corrected chi connectivity index (χ3v) is 5.38. The van der Waals surface area contributed by atoms with Gasteiger partial charge in [0.25, 0.3) is 0 Å². The highest BCUT2D eigenvalue weighted by molar-refractivity contribution is 5.43. The van der Waals surface area contributed by atoms with Crippen LogP contribution >= 0.6 is 0 Å². The monoisotopic (exact) mass is 271 g/mol. The summed E-state index contributed by atoms with van der Waals surface area (Å²) in [6, 6.07) is 0.516. The first-order chi connectivity index (χ1) is 9.71. The minimum atomic E-state index is 0.265. The lowest BCUT2D eigenvalue weighted by Crippen LogP contribution is -2.51. The number of aromatic nitrogens is 3. The van der Waals surface area contributed by atoms with E-state index in [1.165, 1.54) is 32.1 Å². The van der Waals surface area contributed by atoms with Crippen molar-refractivity contribution in [2.75, 3.05) is 11.1 Å². The molecule has 0 atom stereocenters. The van der Waals surface area contributed by atoms with Crippen molar-refractivity contribution in [3.05, 3.63) is 12.4 Å². The highest BCUT2D eigenvalue weighted by atomic mass is 15.2. The van der Waals surface area contributed by atoms with Gasteiger partial charge in [-0.25, -0.2) is 0 Å². The molecule has 3 N–H and O–H groups in total. The molecule has 0 saturated heterocycles. The van der Waals surface area contributed by atoms with E-state index in [2.05, 4.69) is 26.8 Å². The van der Waals surface area contributed by atoms with Gasteiger partial charge in [0.15, 0.2) is 5.82 Å². The number of nitrogens with zero attached hydrogens (tertiary/aromatic N) is 3. The topological polar surface area (TPSA) is 76.7 Å². The summed E-state index contributed by atoms with van der Waals surface area (Å²) in [4.78, 5) is 12.6. The summed E-state index contributed by atoms with van der Waals surface area (Å²) in [6.45, 7) is 3.70. The molecule has 0 unspecified atom stereocenters. The van der Waals surface area contributed by atoms with E-state index in [9.17, 15) is 0 Å². The molecule has 106 valence electrons. The summed E-state index contributed by atoms with van der Waals surface area (Å²) in [5.41, 5.74) is 5.74. The minimum absolute atomic E-state index is 0.265. The largest absolute Gasteiger partial charge is 0.368 e. The van der Waals surface area contributed by atoms with Crippen LogP contribution in [0.2, 0.25) is 0 Å². The van der Waals surface area contributed by atoms with Gasteiger partial charge in [-0.1, -0.05) is 6.58 Å². The van der Waals surface area contributed by atoms with Crippen LogP contribution in [-0.4, -0.2) is 21.0 Å². The molecule has 4 aliphatic carbocycles. The third-order valence-electron chi connectivity index (χ3n) is 5.38. The first-order valence-electron chi connectivity index (χ1n) is 7.62. The highest BCUT2D eigenvalue weighted by Gasteiger charge is 2.48. The highest BCUT2D eigenvalue weighted by Crippen LogP contribution is 2.54. The maximum Gasteiger partial charge on any atom is 0.228 e. The van der Waals surface area contributed by atoms with Gasteiger partial charge in [0.1, 0.15) is 0 Å². The number of nitrogens with one attached hydrogen (secondary N) is 1. The van der Waals surface area contributed by atoms with E-state index < -0.39 is 0 Å². The number of nitrogen functional groups attached to an aromatic ring is 1. The number of anilines is 2. The molecular weight excluding hydrogens is 250 g/mol. The van der Waals surface area contributed by atoms with E-state index in [4.69, 9.17) is 5.73 Å². The molecule has 4 bridgehead atoms. The first kappa shape index (κ1) is 12.1. The average Bonchev–Trinajstić information content (AvgIpc) is 2.41. The molecule has 1 aromatic rings. The van der Waals surface area contributed by atoms with Crippen LogP contribution in [0.25, 0.3) is 6.08 Å². The Kier molecular flexibility index (Phi) is 2.69. The van der Waals surface area contributed by atoms with Gasteiger partial charge in [0.05, 0.1) is 0 Å². The zero-order valence-corrected chi connectivity index (χ0v) is 11.6. The Morgan fingerprint density at radius 2 is 1.65 bits per heavy atom. The molecule has 0 aromatic carbocycles. The van der Waals surface area contributed by atoms with Crippen LogP contribution in [-0.2, 0) is 0 Å². The number of rotatable bonds is 3. The van der Waals surface area contributed by atoms with Crippen molar-refractivity contribution < 1.29 is 0 Å². The van der Waals surface area contributed by atoms with Gasteiger partial charge < -0.3 is 11.1 Å². The Bertz CT molecular complexity index is 513. The second kappa shape index (κ2) is 4.43. The quantitative estimate of drug-likeness (QED) is 0.882. The van der Waals surface area contributed by atoms with Gasteiger partial charge in [-0.15, -0.1) is 0 Å². The van der Waals surface area contributed by atoms with E-state index in [1.54, 1.807) is 6.08 Å². The fourth-order valence-corrected chi connectivity index (χ4v) is 4.88. The van der Waals surface area contributed by atoms with E-state index in [0.717, 1.165) is 23.7 Å². The fraction of sp³-hybridized carbons (Fsp3) is 0.667. The first-order valence-corrected chi connectivity index (χ1v) is 7.62. The van der Waals surface area contributed by atoms with Crippen LogP contribution in [0.15, 0.2) is 6.58 Å². The molecular formula is C15H21N5. The summed E-state index contributed by atoms with van der Waals surface area (Å²) in [6.07, 6.45) is 8.58. The van der Waals surface area contributed by atoms with Crippen LogP contribution in [0.4, 0.5) is 11.9 Å². The predicted molar refractivity (Wildman–Crippen MR) is 78.8 cm³/mol. The Morgan fingerprint density at radius 1 is 1.00 bits per heavy atom. The van der Waals surface area contributed by atoms with Crippen molar-refractivity contribution in [3.63, 3.8) is 0 Å². The van der Waals surface area contributed by atoms with E-state index in [-0.39, 0.29) is 5.95 Å². The minimum Gasteiger partial charge on any atom is -0.368 e. The molecule has 0 amide bonds. The molecule has 4 saturated carbocycles. The Morgan fingerprint density at radius 3 is 2.25 bits per heavy atom. The van der Waals surface area contributed by atoms with E-state index in [1.807, 2.05) is 0 Å². The lowest BCUT2D eigenvalue weighted by atomic mass is 9.54. The summed E-state index contributed by atoms with van der Waals surface area (Å²) in [5.74, 6) is 4.95.